The molecule has 92 valence electrons. The summed E-state index contributed by atoms with van der Waals surface area (Å²) in [6, 6.07) is 8.94. The van der Waals surface area contributed by atoms with Crippen molar-refractivity contribution >= 4 is 28.1 Å². The molecule has 0 bridgehead atoms. The summed E-state index contributed by atoms with van der Waals surface area (Å²) in [5.41, 5.74) is 6.82. The van der Waals surface area contributed by atoms with Gasteiger partial charge in [0.2, 0.25) is 0 Å². The normalized spacial score (nSPS) is 10.3. The van der Waals surface area contributed by atoms with E-state index in [-0.39, 0.29) is 16.3 Å². The Hall–Kier alpha value is -2.14. The SMILES string of the molecule is CC(=O)c1sc(N)c(C(=O)O)c1-c1ccccc1. The summed E-state index contributed by atoms with van der Waals surface area (Å²) < 4.78 is 0. The lowest BCUT2D eigenvalue weighted by molar-refractivity contribution is 0.0699. The van der Waals surface area contributed by atoms with Crippen molar-refractivity contribution in [3.05, 3.63) is 40.8 Å². The van der Waals surface area contributed by atoms with Gasteiger partial charge in [-0.05, 0) is 12.5 Å². The Morgan fingerprint density at radius 2 is 1.83 bits per heavy atom. The number of carboxylic acids is 1. The topological polar surface area (TPSA) is 80.4 Å². The van der Waals surface area contributed by atoms with Gasteiger partial charge >= 0.3 is 5.97 Å². The molecule has 18 heavy (non-hydrogen) atoms. The molecule has 2 rings (SSSR count). The first kappa shape index (κ1) is 12.3. The van der Waals surface area contributed by atoms with E-state index in [0.717, 1.165) is 11.3 Å². The summed E-state index contributed by atoms with van der Waals surface area (Å²) in [5.74, 6) is -1.30. The molecule has 0 aliphatic carbocycles. The maximum atomic E-state index is 11.6. The number of nitrogen functional groups attached to an aromatic ring is 1. The lowest BCUT2D eigenvalue weighted by atomic mass is 10.00. The summed E-state index contributed by atoms with van der Waals surface area (Å²) in [6.07, 6.45) is 0. The van der Waals surface area contributed by atoms with E-state index in [1.54, 1.807) is 24.3 Å². The van der Waals surface area contributed by atoms with Crippen molar-refractivity contribution in [2.45, 2.75) is 6.92 Å². The van der Waals surface area contributed by atoms with Crippen LogP contribution in [0.5, 0.6) is 0 Å². The van der Waals surface area contributed by atoms with Crippen LogP contribution in [0.2, 0.25) is 0 Å². The van der Waals surface area contributed by atoms with Crippen LogP contribution in [0.1, 0.15) is 27.0 Å². The first-order valence-electron chi connectivity index (χ1n) is 5.24. The molecule has 1 aromatic carbocycles. The quantitative estimate of drug-likeness (QED) is 0.832. The van der Waals surface area contributed by atoms with Crippen LogP contribution in [-0.2, 0) is 0 Å². The van der Waals surface area contributed by atoms with Crippen LogP contribution >= 0.6 is 11.3 Å². The zero-order valence-electron chi connectivity index (χ0n) is 9.64. The van der Waals surface area contributed by atoms with E-state index in [4.69, 9.17) is 5.73 Å². The lowest BCUT2D eigenvalue weighted by Gasteiger charge is -2.03. The molecule has 0 aliphatic heterocycles. The third kappa shape index (κ3) is 2.00. The number of nitrogens with two attached hydrogens (primary N) is 1. The molecule has 0 atom stereocenters. The van der Waals surface area contributed by atoms with Gasteiger partial charge < -0.3 is 10.8 Å². The second kappa shape index (κ2) is 4.62. The van der Waals surface area contributed by atoms with Crippen LogP contribution < -0.4 is 5.73 Å². The second-order valence-corrected chi connectivity index (χ2v) is 4.83. The number of ketones is 1. The lowest BCUT2D eigenvalue weighted by Crippen LogP contribution is -2.02. The highest BCUT2D eigenvalue weighted by Crippen LogP contribution is 2.38. The van der Waals surface area contributed by atoms with E-state index >= 15 is 0 Å². The second-order valence-electron chi connectivity index (χ2n) is 3.77. The van der Waals surface area contributed by atoms with Crippen molar-refractivity contribution < 1.29 is 14.7 Å². The summed E-state index contributed by atoms with van der Waals surface area (Å²) in [5, 5.41) is 9.38. The minimum absolute atomic E-state index is 0.0106. The number of carbonyl (C=O) groups excluding carboxylic acids is 1. The van der Waals surface area contributed by atoms with Gasteiger partial charge in [-0.15, -0.1) is 11.3 Å². The van der Waals surface area contributed by atoms with E-state index in [1.807, 2.05) is 6.07 Å². The molecule has 0 fully saturated rings. The van der Waals surface area contributed by atoms with Crippen molar-refractivity contribution in [1.29, 1.82) is 0 Å². The molecule has 3 N–H and O–H groups in total. The Balaban J connectivity index is 2.78. The molecule has 2 aromatic rings. The zero-order valence-corrected chi connectivity index (χ0v) is 10.5. The molecule has 5 heteroatoms. The van der Waals surface area contributed by atoms with Crippen LogP contribution in [-0.4, -0.2) is 16.9 Å². The third-order valence-corrected chi connectivity index (χ3v) is 3.65. The van der Waals surface area contributed by atoms with Gasteiger partial charge in [0.15, 0.2) is 5.78 Å². The van der Waals surface area contributed by atoms with Crippen molar-refractivity contribution in [2.24, 2.45) is 0 Å². The van der Waals surface area contributed by atoms with Gasteiger partial charge in [0, 0.05) is 5.56 Å². The number of hydrogen-bond donors (Lipinski definition) is 2. The van der Waals surface area contributed by atoms with Crippen molar-refractivity contribution in [1.82, 2.24) is 0 Å². The van der Waals surface area contributed by atoms with Gasteiger partial charge in [-0.2, -0.15) is 0 Å². The molecular formula is C13H11NO3S. The number of rotatable bonds is 3. The summed E-state index contributed by atoms with van der Waals surface area (Å²) in [4.78, 5) is 23.2. The minimum Gasteiger partial charge on any atom is -0.478 e. The Bertz CT molecular complexity index is 617. The van der Waals surface area contributed by atoms with Crippen LogP contribution in [0, 0.1) is 0 Å². The van der Waals surface area contributed by atoms with Gasteiger partial charge in [0.25, 0.3) is 0 Å². The number of anilines is 1. The average molecular weight is 261 g/mol. The fraction of sp³-hybridized carbons (Fsp3) is 0.0769. The molecule has 0 spiro atoms. The predicted molar refractivity (Wildman–Crippen MR) is 71.1 cm³/mol. The van der Waals surface area contributed by atoms with Gasteiger partial charge in [0.05, 0.1) is 4.88 Å². The largest absolute Gasteiger partial charge is 0.478 e. The van der Waals surface area contributed by atoms with Crippen LogP contribution in [0.25, 0.3) is 11.1 Å². The highest BCUT2D eigenvalue weighted by atomic mass is 32.1. The van der Waals surface area contributed by atoms with Crippen molar-refractivity contribution in [3.63, 3.8) is 0 Å². The van der Waals surface area contributed by atoms with Crippen LogP contribution in [0.3, 0.4) is 0 Å². The summed E-state index contributed by atoms with van der Waals surface area (Å²) >= 11 is 1.02. The van der Waals surface area contributed by atoms with Gasteiger partial charge in [0.1, 0.15) is 10.6 Å². The number of carbonyl (C=O) groups is 2. The molecule has 1 heterocycles. The van der Waals surface area contributed by atoms with E-state index in [9.17, 15) is 14.7 Å². The molecule has 0 radical (unpaired) electrons. The summed E-state index contributed by atoms with van der Waals surface area (Å²) in [7, 11) is 0. The van der Waals surface area contributed by atoms with Gasteiger partial charge in [-0.25, -0.2) is 4.79 Å². The number of Topliss-reactive ketones (excluding diaryl/α,β-unsaturated/α-hetero) is 1. The minimum atomic E-state index is -1.12. The molecule has 0 saturated carbocycles. The molecule has 0 unspecified atom stereocenters. The standard InChI is InChI=1S/C13H11NO3S/c1-7(15)11-9(8-5-3-2-4-6-8)10(13(16)17)12(14)18-11/h2-6H,14H2,1H3,(H,16,17). The highest BCUT2D eigenvalue weighted by molar-refractivity contribution is 7.18. The Morgan fingerprint density at radius 1 is 1.22 bits per heavy atom. The van der Waals surface area contributed by atoms with Crippen molar-refractivity contribution in [2.75, 3.05) is 5.73 Å². The highest BCUT2D eigenvalue weighted by Gasteiger charge is 2.24. The number of carboxylic acid groups (broad SMARTS) is 1. The number of benzene rings is 1. The molecule has 0 aliphatic rings. The van der Waals surface area contributed by atoms with E-state index < -0.39 is 5.97 Å². The molecule has 1 aromatic heterocycles. The summed E-state index contributed by atoms with van der Waals surface area (Å²) in [6.45, 7) is 1.41. The van der Waals surface area contributed by atoms with Gasteiger partial charge in [-0.1, -0.05) is 30.3 Å². The van der Waals surface area contributed by atoms with E-state index in [1.165, 1.54) is 6.92 Å². The smallest absolute Gasteiger partial charge is 0.339 e. The first-order valence-corrected chi connectivity index (χ1v) is 6.06. The Labute approximate surface area is 108 Å². The monoisotopic (exact) mass is 261 g/mol. The Kier molecular flexibility index (Phi) is 3.16. The molecule has 4 nitrogen and oxygen atoms in total. The molecular weight excluding hydrogens is 250 g/mol. The zero-order chi connectivity index (χ0) is 13.3. The molecule has 0 saturated heterocycles. The maximum absolute atomic E-state index is 11.6. The first-order chi connectivity index (χ1) is 8.52. The average Bonchev–Trinajstić information content (AvgIpc) is 2.68. The number of hydrogen-bond acceptors (Lipinski definition) is 4. The van der Waals surface area contributed by atoms with E-state index in [2.05, 4.69) is 0 Å². The fourth-order valence-electron chi connectivity index (χ4n) is 1.79. The number of thiophene rings is 1. The molecule has 0 amide bonds. The van der Waals surface area contributed by atoms with Gasteiger partial charge in [-0.3, -0.25) is 4.79 Å². The van der Waals surface area contributed by atoms with Crippen LogP contribution in [0.15, 0.2) is 30.3 Å². The number of aromatic carboxylic acids is 1. The maximum Gasteiger partial charge on any atom is 0.339 e. The predicted octanol–water partition coefficient (Wildman–Crippen LogP) is 2.90. The Morgan fingerprint density at radius 3 is 2.33 bits per heavy atom. The van der Waals surface area contributed by atoms with Crippen LogP contribution in [0.4, 0.5) is 5.00 Å². The third-order valence-electron chi connectivity index (χ3n) is 2.53. The fourth-order valence-corrected chi connectivity index (χ4v) is 2.77. The van der Waals surface area contributed by atoms with Crippen molar-refractivity contribution in [3.8, 4) is 11.1 Å². The van der Waals surface area contributed by atoms with E-state index in [0.29, 0.717) is 16.0 Å².